The minimum atomic E-state index is -1.08. The molecule has 2 rings (SSSR count). The average Bonchev–Trinajstić information content (AvgIpc) is 2.44. The molecule has 0 saturated heterocycles. The number of nitrogens with zero attached hydrogens (tertiary/aromatic N) is 2. The zero-order valence-corrected chi connectivity index (χ0v) is 12.0. The molecule has 6 nitrogen and oxygen atoms in total. The van der Waals surface area contributed by atoms with Crippen molar-refractivity contribution in [3.05, 3.63) is 35.5 Å². The number of nitrogen functional groups attached to an aromatic ring is 1. The molecule has 3 N–H and O–H groups in total. The predicted octanol–water partition coefficient (Wildman–Crippen LogP) is 2.52. The Labute approximate surface area is 122 Å². The Hall–Kier alpha value is -2.63. The van der Waals surface area contributed by atoms with Crippen LogP contribution < -0.4 is 10.5 Å². The molecule has 110 valence electrons. The maximum Gasteiger partial charge on any atom is 0.339 e. The van der Waals surface area contributed by atoms with E-state index in [2.05, 4.69) is 9.97 Å². The van der Waals surface area contributed by atoms with Gasteiger partial charge in [0.05, 0.1) is 18.0 Å². The second kappa shape index (κ2) is 6.21. The number of carbonyl (C=O) groups is 1. The van der Waals surface area contributed by atoms with Gasteiger partial charge in [0.1, 0.15) is 11.3 Å². The number of hydrogen-bond donors (Lipinski definition) is 2. The van der Waals surface area contributed by atoms with E-state index < -0.39 is 5.97 Å². The van der Waals surface area contributed by atoms with Gasteiger partial charge in [0, 0.05) is 5.56 Å². The molecule has 0 spiro atoms. The number of anilines is 1. The number of aryl methyl sites for hydroxylation is 1. The van der Waals surface area contributed by atoms with Crippen LogP contribution in [0.3, 0.4) is 0 Å². The summed E-state index contributed by atoms with van der Waals surface area (Å²) in [6.45, 7) is 4.27. The minimum absolute atomic E-state index is 0.0545. The lowest BCUT2D eigenvalue weighted by molar-refractivity contribution is 0.0696. The van der Waals surface area contributed by atoms with Crippen LogP contribution >= 0.6 is 0 Å². The average molecular weight is 287 g/mol. The van der Waals surface area contributed by atoms with Crippen LogP contribution in [0.1, 0.15) is 29.4 Å². The van der Waals surface area contributed by atoms with Gasteiger partial charge in [0.25, 0.3) is 0 Å². The number of benzene rings is 1. The standard InChI is InChI=1S/C15H17N3O3/c1-3-8-21-11-6-4-10(5-7-11)13-12(14(19)20)9(2)17-15(16)18-13/h4-7H,3,8H2,1-2H3,(H,19,20)(H2,16,17,18). The second-order valence-corrected chi connectivity index (χ2v) is 4.57. The molecule has 6 heteroatoms. The zero-order valence-electron chi connectivity index (χ0n) is 12.0. The van der Waals surface area contributed by atoms with E-state index in [9.17, 15) is 9.90 Å². The lowest BCUT2D eigenvalue weighted by Gasteiger charge is -2.10. The van der Waals surface area contributed by atoms with Gasteiger partial charge in [0.15, 0.2) is 0 Å². The molecule has 0 bridgehead atoms. The van der Waals surface area contributed by atoms with Crippen molar-refractivity contribution in [2.45, 2.75) is 20.3 Å². The fourth-order valence-electron chi connectivity index (χ4n) is 1.99. The molecule has 1 heterocycles. The maximum absolute atomic E-state index is 11.4. The van der Waals surface area contributed by atoms with Crippen molar-refractivity contribution in [3.63, 3.8) is 0 Å². The van der Waals surface area contributed by atoms with E-state index in [1.807, 2.05) is 6.92 Å². The summed E-state index contributed by atoms with van der Waals surface area (Å²) in [5.74, 6) is -0.288. The molecule has 0 radical (unpaired) electrons. The number of nitrogens with two attached hydrogens (primary N) is 1. The van der Waals surface area contributed by atoms with Gasteiger partial charge in [-0.15, -0.1) is 0 Å². The second-order valence-electron chi connectivity index (χ2n) is 4.57. The summed E-state index contributed by atoms with van der Waals surface area (Å²) >= 11 is 0. The fraction of sp³-hybridized carbons (Fsp3) is 0.267. The first-order chi connectivity index (χ1) is 10.0. The Morgan fingerprint density at radius 1 is 1.29 bits per heavy atom. The molecule has 0 aliphatic heterocycles. The molecule has 2 aromatic rings. The first-order valence-corrected chi connectivity index (χ1v) is 6.63. The van der Waals surface area contributed by atoms with Gasteiger partial charge in [-0.1, -0.05) is 6.92 Å². The van der Waals surface area contributed by atoms with E-state index in [1.54, 1.807) is 31.2 Å². The van der Waals surface area contributed by atoms with Gasteiger partial charge in [-0.25, -0.2) is 14.8 Å². The van der Waals surface area contributed by atoms with Gasteiger partial charge in [-0.05, 0) is 37.6 Å². The number of carboxylic acid groups (broad SMARTS) is 1. The maximum atomic E-state index is 11.4. The third-order valence-corrected chi connectivity index (χ3v) is 2.92. The van der Waals surface area contributed by atoms with E-state index >= 15 is 0 Å². The molecule has 0 atom stereocenters. The summed E-state index contributed by atoms with van der Waals surface area (Å²) in [5, 5.41) is 9.32. The number of hydrogen-bond acceptors (Lipinski definition) is 5. The number of ether oxygens (including phenoxy) is 1. The van der Waals surface area contributed by atoms with Crippen LogP contribution in [0, 0.1) is 6.92 Å². The summed E-state index contributed by atoms with van der Waals surface area (Å²) in [4.78, 5) is 19.4. The molecule has 0 unspecified atom stereocenters. The van der Waals surface area contributed by atoms with E-state index in [1.165, 1.54) is 0 Å². The van der Waals surface area contributed by atoms with E-state index in [-0.39, 0.29) is 11.5 Å². The lowest BCUT2D eigenvalue weighted by Crippen LogP contribution is -2.09. The summed E-state index contributed by atoms with van der Waals surface area (Å²) < 4.78 is 5.50. The summed E-state index contributed by atoms with van der Waals surface area (Å²) in [7, 11) is 0. The van der Waals surface area contributed by atoms with Gasteiger partial charge in [0.2, 0.25) is 5.95 Å². The Morgan fingerprint density at radius 2 is 1.95 bits per heavy atom. The largest absolute Gasteiger partial charge is 0.494 e. The lowest BCUT2D eigenvalue weighted by atomic mass is 10.0. The highest BCUT2D eigenvalue weighted by Crippen LogP contribution is 2.26. The van der Waals surface area contributed by atoms with E-state index in [4.69, 9.17) is 10.5 Å². The van der Waals surface area contributed by atoms with Crippen molar-refractivity contribution in [1.29, 1.82) is 0 Å². The Bertz CT molecular complexity index is 654. The monoisotopic (exact) mass is 287 g/mol. The number of carboxylic acids is 1. The highest BCUT2D eigenvalue weighted by Gasteiger charge is 2.18. The number of rotatable bonds is 5. The SMILES string of the molecule is CCCOc1ccc(-c2nc(N)nc(C)c2C(=O)O)cc1. The predicted molar refractivity (Wildman–Crippen MR) is 79.4 cm³/mol. The van der Waals surface area contributed by atoms with Crippen molar-refractivity contribution in [2.24, 2.45) is 0 Å². The van der Waals surface area contributed by atoms with Gasteiger partial charge in [-0.2, -0.15) is 0 Å². The highest BCUT2D eigenvalue weighted by molar-refractivity contribution is 5.96. The molecule has 0 aliphatic rings. The van der Waals surface area contributed by atoms with E-state index in [0.717, 1.165) is 12.2 Å². The summed E-state index contributed by atoms with van der Waals surface area (Å²) in [6.07, 6.45) is 0.923. The third kappa shape index (κ3) is 3.28. The van der Waals surface area contributed by atoms with Crippen molar-refractivity contribution in [2.75, 3.05) is 12.3 Å². The van der Waals surface area contributed by atoms with Crippen LogP contribution in [-0.2, 0) is 0 Å². The van der Waals surface area contributed by atoms with Crippen LogP contribution in [0.25, 0.3) is 11.3 Å². The third-order valence-electron chi connectivity index (χ3n) is 2.92. The van der Waals surface area contributed by atoms with Crippen LogP contribution in [0.15, 0.2) is 24.3 Å². The van der Waals surface area contributed by atoms with E-state index in [0.29, 0.717) is 23.6 Å². The van der Waals surface area contributed by atoms with Gasteiger partial charge >= 0.3 is 5.97 Å². The summed E-state index contributed by atoms with van der Waals surface area (Å²) in [6, 6.07) is 7.09. The van der Waals surface area contributed by atoms with Crippen LogP contribution in [0.2, 0.25) is 0 Å². The zero-order chi connectivity index (χ0) is 15.4. The van der Waals surface area contributed by atoms with Crippen LogP contribution in [-0.4, -0.2) is 27.7 Å². The quantitative estimate of drug-likeness (QED) is 0.876. The Morgan fingerprint density at radius 3 is 2.52 bits per heavy atom. The van der Waals surface area contributed by atoms with Crippen molar-refractivity contribution in [1.82, 2.24) is 9.97 Å². The van der Waals surface area contributed by atoms with Gasteiger partial charge < -0.3 is 15.6 Å². The highest BCUT2D eigenvalue weighted by atomic mass is 16.5. The molecule has 1 aromatic carbocycles. The normalized spacial score (nSPS) is 10.4. The Kier molecular flexibility index (Phi) is 4.37. The van der Waals surface area contributed by atoms with Crippen molar-refractivity contribution in [3.8, 4) is 17.0 Å². The van der Waals surface area contributed by atoms with Crippen LogP contribution in [0.4, 0.5) is 5.95 Å². The minimum Gasteiger partial charge on any atom is -0.494 e. The number of aromatic nitrogens is 2. The molecule has 21 heavy (non-hydrogen) atoms. The first kappa shape index (κ1) is 14.8. The molecule has 0 amide bonds. The van der Waals surface area contributed by atoms with Gasteiger partial charge in [-0.3, -0.25) is 0 Å². The summed E-state index contributed by atoms with van der Waals surface area (Å²) in [5.41, 5.74) is 7.00. The molecular formula is C15H17N3O3. The fourth-order valence-corrected chi connectivity index (χ4v) is 1.99. The number of aromatic carboxylic acids is 1. The van der Waals surface area contributed by atoms with Crippen molar-refractivity contribution < 1.29 is 14.6 Å². The van der Waals surface area contributed by atoms with Crippen molar-refractivity contribution >= 4 is 11.9 Å². The topological polar surface area (TPSA) is 98.3 Å². The molecule has 0 aliphatic carbocycles. The molecule has 0 fully saturated rings. The smallest absolute Gasteiger partial charge is 0.339 e. The molecule has 0 saturated carbocycles. The Balaban J connectivity index is 2.44. The molecular weight excluding hydrogens is 270 g/mol. The molecule has 1 aromatic heterocycles. The van der Waals surface area contributed by atoms with Crippen LogP contribution in [0.5, 0.6) is 5.75 Å². The first-order valence-electron chi connectivity index (χ1n) is 6.63.